The molecule has 2 bridgehead atoms. The van der Waals surface area contributed by atoms with Gasteiger partial charge in [0.25, 0.3) is 5.91 Å². The van der Waals surface area contributed by atoms with Gasteiger partial charge in [-0.05, 0) is 85.0 Å². The zero-order chi connectivity index (χ0) is 27.3. The average molecular weight is 543 g/mol. The SMILES string of the molecule is Cc1ccc(Cl)cc1NC(=O)COC(=O)c1ccc(N2C(=O)[C@@H]3[C@@H]4C[C@@H]([C@@H]3C2=O)[C@@H](c2ccccc2)C4)cc1. The van der Waals surface area contributed by atoms with E-state index in [-0.39, 0.29) is 41.0 Å². The molecule has 0 aromatic heterocycles. The first-order chi connectivity index (χ1) is 18.8. The van der Waals surface area contributed by atoms with Gasteiger partial charge in [-0.3, -0.25) is 19.3 Å². The van der Waals surface area contributed by atoms with Gasteiger partial charge in [-0.2, -0.15) is 0 Å². The predicted octanol–water partition coefficient (Wildman–Crippen LogP) is 5.37. The number of imide groups is 1. The Labute approximate surface area is 231 Å². The molecule has 2 saturated carbocycles. The standard InChI is InChI=1S/C31H27ClN2O5/c1-17-7-10-21(32)15-25(17)33-26(35)16-39-31(38)19-8-11-22(12-9-19)34-29(36)27-20-13-23(18-5-3-2-4-6-18)24(14-20)28(27)30(34)37/h2-12,15,20,23-24,27-28H,13-14,16H2,1H3,(H,33,35)/t20-,23+,24+,27+,28-/m0/s1. The van der Waals surface area contributed by atoms with Crippen molar-refractivity contribution in [2.45, 2.75) is 25.7 Å². The maximum atomic E-state index is 13.5. The van der Waals surface area contributed by atoms with Gasteiger partial charge in [0, 0.05) is 10.7 Å². The number of amides is 3. The van der Waals surface area contributed by atoms with Crippen LogP contribution in [0, 0.1) is 30.6 Å². The number of hydrogen-bond acceptors (Lipinski definition) is 5. The highest BCUT2D eigenvalue weighted by Crippen LogP contribution is 2.61. The Balaban J connectivity index is 1.10. The van der Waals surface area contributed by atoms with Crippen LogP contribution in [-0.4, -0.2) is 30.3 Å². The zero-order valence-electron chi connectivity index (χ0n) is 21.3. The second-order valence-corrected chi connectivity index (χ2v) is 11.0. The van der Waals surface area contributed by atoms with Gasteiger partial charge in [-0.25, -0.2) is 4.79 Å². The number of fused-ring (bicyclic) bond motifs is 5. The lowest BCUT2D eigenvalue weighted by molar-refractivity contribution is -0.123. The van der Waals surface area contributed by atoms with Crippen molar-refractivity contribution in [1.29, 1.82) is 0 Å². The van der Waals surface area contributed by atoms with Crippen LogP contribution in [-0.2, 0) is 19.1 Å². The Morgan fingerprint density at radius 1 is 0.949 bits per heavy atom. The quantitative estimate of drug-likeness (QED) is 0.334. The van der Waals surface area contributed by atoms with E-state index in [1.807, 2.05) is 25.1 Å². The van der Waals surface area contributed by atoms with E-state index < -0.39 is 18.5 Å². The normalized spacial score (nSPS) is 25.1. The van der Waals surface area contributed by atoms with Gasteiger partial charge in [-0.1, -0.05) is 48.0 Å². The molecule has 3 amide bonds. The third-order valence-corrected chi connectivity index (χ3v) is 8.65. The summed E-state index contributed by atoms with van der Waals surface area (Å²) in [7, 11) is 0. The first kappa shape index (κ1) is 25.3. The molecule has 39 heavy (non-hydrogen) atoms. The number of benzene rings is 3. The molecule has 6 rings (SSSR count). The summed E-state index contributed by atoms with van der Waals surface area (Å²) >= 11 is 5.98. The Hall–Kier alpha value is -3.97. The van der Waals surface area contributed by atoms with Gasteiger partial charge >= 0.3 is 5.97 Å². The van der Waals surface area contributed by atoms with Crippen LogP contribution in [0.2, 0.25) is 5.02 Å². The van der Waals surface area contributed by atoms with E-state index in [9.17, 15) is 19.2 Å². The molecule has 1 heterocycles. The molecule has 3 fully saturated rings. The second-order valence-electron chi connectivity index (χ2n) is 10.6. The molecule has 3 aliphatic rings. The summed E-state index contributed by atoms with van der Waals surface area (Å²) in [6, 6.07) is 21.5. The van der Waals surface area contributed by atoms with E-state index >= 15 is 0 Å². The van der Waals surface area contributed by atoms with E-state index in [0.717, 1.165) is 18.4 Å². The number of anilines is 2. The smallest absolute Gasteiger partial charge is 0.338 e. The molecule has 1 aliphatic heterocycles. The van der Waals surface area contributed by atoms with Gasteiger partial charge in [0.05, 0.1) is 23.1 Å². The molecule has 0 unspecified atom stereocenters. The van der Waals surface area contributed by atoms with Gasteiger partial charge in [-0.15, -0.1) is 0 Å². The maximum Gasteiger partial charge on any atom is 0.338 e. The lowest BCUT2D eigenvalue weighted by Crippen LogP contribution is -2.33. The van der Waals surface area contributed by atoms with Crippen LogP contribution in [0.5, 0.6) is 0 Å². The van der Waals surface area contributed by atoms with Gasteiger partial charge < -0.3 is 10.1 Å². The van der Waals surface area contributed by atoms with Crippen LogP contribution in [0.3, 0.4) is 0 Å². The van der Waals surface area contributed by atoms with E-state index in [4.69, 9.17) is 16.3 Å². The molecule has 2 aliphatic carbocycles. The van der Waals surface area contributed by atoms with Crippen molar-refractivity contribution in [3.8, 4) is 0 Å². The van der Waals surface area contributed by atoms with Crippen molar-refractivity contribution in [1.82, 2.24) is 0 Å². The third-order valence-electron chi connectivity index (χ3n) is 8.41. The Bertz CT molecular complexity index is 1470. The van der Waals surface area contributed by atoms with Crippen LogP contribution >= 0.6 is 11.6 Å². The molecule has 7 nitrogen and oxygen atoms in total. The molecule has 1 saturated heterocycles. The van der Waals surface area contributed by atoms with Crippen LogP contribution in [0.4, 0.5) is 11.4 Å². The fourth-order valence-electron chi connectivity index (χ4n) is 6.67. The van der Waals surface area contributed by atoms with Crippen molar-refractivity contribution < 1.29 is 23.9 Å². The van der Waals surface area contributed by atoms with E-state index in [1.165, 1.54) is 22.6 Å². The molecular weight excluding hydrogens is 516 g/mol. The number of nitrogens with zero attached hydrogens (tertiary/aromatic N) is 1. The molecule has 5 atom stereocenters. The molecule has 1 N–H and O–H groups in total. The Morgan fingerprint density at radius 2 is 1.67 bits per heavy atom. The number of ether oxygens (including phenoxy) is 1. The summed E-state index contributed by atoms with van der Waals surface area (Å²) in [5.74, 6) is -1.36. The topological polar surface area (TPSA) is 92.8 Å². The molecule has 198 valence electrons. The minimum atomic E-state index is -0.681. The van der Waals surface area contributed by atoms with Crippen molar-refractivity contribution >= 4 is 46.7 Å². The van der Waals surface area contributed by atoms with Crippen molar-refractivity contribution in [2.24, 2.45) is 23.7 Å². The largest absolute Gasteiger partial charge is 0.452 e. The number of halogens is 1. The molecular formula is C31H27ClN2O5. The highest BCUT2D eigenvalue weighted by molar-refractivity contribution is 6.31. The summed E-state index contributed by atoms with van der Waals surface area (Å²) in [4.78, 5) is 53.0. The minimum Gasteiger partial charge on any atom is -0.452 e. The number of esters is 1. The van der Waals surface area contributed by atoms with Gasteiger partial charge in [0.1, 0.15) is 0 Å². The molecule has 0 radical (unpaired) electrons. The van der Waals surface area contributed by atoms with Crippen LogP contribution in [0.15, 0.2) is 72.8 Å². The van der Waals surface area contributed by atoms with Crippen LogP contribution in [0.25, 0.3) is 0 Å². The second kappa shape index (κ2) is 9.97. The summed E-state index contributed by atoms with van der Waals surface area (Å²) in [5.41, 5.74) is 3.27. The maximum absolute atomic E-state index is 13.5. The number of hydrogen-bond donors (Lipinski definition) is 1. The van der Waals surface area contributed by atoms with Crippen molar-refractivity contribution in [2.75, 3.05) is 16.8 Å². The Morgan fingerprint density at radius 3 is 2.41 bits per heavy atom. The van der Waals surface area contributed by atoms with Crippen molar-refractivity contribution in [3.63, 3.8) is 0 Å². The third kappa shape index (κ3) is 4.51. The summed E-state index contributed by atoms with van der Waals surface area (Å²) in [5, 5.41) is 3.16. The number of nitrogens with one attached hydrogen (secondary N) is 1. The highest BCUT2D eigenvalue weighted by Gasteiger charge is 2.64. The number of aryl methyl sites for hydroxylation is 1. The summed E-state index contributed by atoms with van der Waals surface area (Å²) < 4.78 is 5.16. The zero-order valence-corrected chi connectivity index (χ0v) is 22.1. The minimum absolute atomic E-state index is 0.146. The molecule has 8 heteroatoms. The van der Waals surface area contributed by atoms with Crippen molar-refractivity contribution in [3.05, 3.63) is 94.5 Å². The average Bonchev–Trinajstić information content (AvgIpc) is 3.61. The first-order valence-electron chi connectivity index (χ1n) is 13.1. The van der Waals surface area contributed by atoms with Crippen LogP contribution in [0.1, 0.15) is 40.2 Å². The molecule has 3 aromatic rings. The lowest BCUT2D eigenvalue weighted by atomic mass is 9.73. The number of carbonyl (C=O) groups excluding carboxylic acids is 4. The van der Waals surface area contributed by atoms with E-state index in [0.29, 0.717) is 22.3 Å². The number of rotatable bonds is 6. The van der Waals surface area contributed by atoms with E-state index in [1.54, 1.807) is 30.3 Å². The predicted molar refractivity (Wildman–Crippen MR) is 146 cm³/mol. The summed E-state index contributed by atoms with van der Waals surface area (Å²) in [6.45, 7) is 1.36. The molecule has 3 aromatic carbocycles. The summed E-state index contributed by atoms with van der Waals surface area (Å²) in [6.07, 6.45) is 1.84. The monoisotopic (exact) mass is 542 g/mol. The van der Waals surface area contributed by atoms with Crippen LogP contribution < -0.4 is 10.2 Å². The lowest BCUT2D eigenvalue weighted by Gasteiger charge is -2.28. The van der Waals surface area contributed by atoms with Gasteiger partial charge in [0.2, 0.25) is 11.8 Å². The molecule has 0 spiro atoms. The first-order valence-corrected chi connectivity index (χ1v) is 13.5. The van der Waals surface area contributed by atoms with E-state index in [2.05, 4.69) is 17.4 Å². The highest BCUT2D eigenvalue weighted by atomic mass is 35.5. The fourth-order valence-corrected chi connectivity index (χ4v) is 6.85. The fraction of sp³-hybridized carbons (Fsp3) is 0.290. The Kier molecular flexibility index (Phi) is 6.47. The van der Waals surface area contributed by atoms with Gasteiger partial charge in [0.15, 0.2) is 6.61 Å². The number of carbonyl (C=O) groups is 4.